The molecule has 1 aliphatic heterocycles. The minimum Gasteiger partial charge on any atom is -0.481 e. The average molecular weight is 302 g/mol. The Morgan fingerprint density at radius 2 is 1.30 bits per heavy atom. The molecule has 1 saturated heterocycles. The summed E-state index contributed by atoms with van der Waals surface area (Å²) in [6.45, 7) is 0.341. The maximum Gasteiger partial charge on any atom is 0.303 e. The highest BCUT2D eigenvalue weighted by molar-refractivity contribution is 8.07. The number of thioether (sulfide) groups is 1. The molecule has 2 N–H and O–H groups in total. The van der Waals surface area contributed by atoms with Gasteiger partial charge in [-0.1, -0.05) is 44.9 Å². The van der Waals surface area contributed by atoms with Crippen LogP contribution in [0, 0.1) is 0 Å². The molecule has 0 aromatic heterocycles. The lowest BCUT2D eigenvalue weighted by molar-refractivity contribution is -0.137. The Hall–Kier alpha value is -0.220. The lowest BCUT2D eigenvalue weighted by Crippen LogP contribution is -1.95. The van der Waals surface area contributed by atoms with Crippen LogP contribution in [0.5, 0.6) is 0 Å². The van der Waals surface area contributed by atoms with E-state index in [1.165, 1.54) is 51.4 Å². The molecular weight excluding hydrogens is 272 g/mol. The molecule has 2 atom stereocenters. The smallest absolute Gasteiger partial charge is 0.303 e. The third kappa shape index (κ3) is 9.65. The lowest BCUT2D eigenvalue weighted by atomic mass is 10.0. The number of carboxylic acid groups (broad SMARTS) is 1. The van der Waals surface area contributed by atoms with Crippen molar-refractivity contribution >= 4 is 17.7 Å². The van der Waals surface area contributed by atoms with E-state index in [4.69, 9.17) is 10.2 Å². The molecule has 1 rings (SSSR count). The highest BCUT2D eigenvalue weighted by atomic mass is 32.2. The molecule has 1 heterocycles. The molecule has 0 aromatic rings. The van der Waals surface area contributed by atoms with Crippen molar-refractivity contribution in [3.63, 3.8) is 0 Å². The van der Waals surface area contributed by atoms with E-state index in [-0.39, 0.29) is 0 Å². The van der Waals surface area contributed by atoms with Gasteiger partial charge in [0.05, 0.1) is 0 Å². The minimum atomic E-state index is -0.666. The summed E-state index contributed by atoms with van der Waals surface area (Å²) in [5.74, 6) is -0.666. The van der Waals surface area contributed by atoms with Crippen LogP contribution in [-0.2, 0) is 4.79 Å². The first-order chi connectivity index (χ1) is 9.74. The molecule has 20 heavy (non-hydrogen) atoms. The van der Waals surface area contributed by atoms with Gasteiger partial charge in [-0.05, 0) is 25.7 Å². The molecule has 0 radical (unpaired) electrons. The van der Waals surface area contributed by atoms with Crippen LogP contribution in [0.4, 0.5) is 0 Å². The second-order valence-corrected chi connectivity index (χ2v) is 7.32. The molecule has 0 bridgehead atoms. The van der Waals surface area contributed by atoms with Gasteiger partial charge in [-0.2, -0.15) is 11.8 Å². The van der Waals surface area contributed by atoms with Gasteiger partial charge in [-0.3, -0.25) is 4.79 Å². The Kier molecular flexibility index (Phi) is 10.2. The fourth-order valence-electron chi connectivity index (χ4n) is 2.65. The third-order valence-corrected chi connectivity index (χ3v) is 5.48. The minimum absolute atomic E-state index is 0.330. The van der Waals surface area contributed by atoms with Crippen LogP contribution >= 0.6 is 11.8 Å². The largest absolute Gasteiger partial charge is 0.481 e. The predicted molar refractivity (Wildman–Crippen MR) is 85.3 cm³/mol. The number of hydrogen-bond donors (Lipinski definition) is 2. The average Bonchev–Trinajstić information content (AvgIpc) is 3.15. The molecule has 1 aliphatic rings. The zero-order valence-electron chi connectivity index (χ0n) is 12.6. The van der Waals surface area contributed by atoms with Crippen molar-refractivity contribution in [2.24, 2.45) is 0 Å². The zero-order valence-corrected chi connectivity index (χ0v) is 13.4. The molecule has 0 saturated carbocycles. The molecule has 1 fully saturated rings. The van der Waals surface area contributed by atoms with Crippen LogP contribution in [0.15, 0.2) is 0 Å². The zero-order chi connectivity index (χ0) is 14.6. The molecule has 3 nitrogen and oxygen atoms in total. The van der Waals surface area contributed by atoms with Crippen molar-refractivity contribution in [1.29, 1.82) is 0 Å². The Balaban J connectivity index is 1.77. The van der Waals surface area contributed by atoms with Gasteiger partial charge in [-0.25, -0.2) is 0 Å². The van der Waals surface area contributed by atoms with Crippen LogP contribution in [0.1, 0.15) is 77.0 Å². The fourth-order valence-corrected chi connectivity index (χ4v) is 3.89. The van der Waals surface area contributed by atoms with Crippen molar-refractivity contribution in [3.05, 3.63) is 0 Å². The second-order valence-electron chi connectivity index (χ2n) is 5.84. The van der Waals surface area contributed by atoms with Gasteiger partial charge in [0.1, 0.15) is 0 Å². The summed E-state index contributed by atoms with van der Waals surface area (Å²) in [4.78, 5) is 10.4. The van der Waals surface area contributed by atoms with Gasteiger partial charge in [0.25, 0.3) is 0 Å². The van der Waals surface area contributed by atoms with Crippen molar-refractivity contribution < 1.29 is 15.0 Å². The first kappa shape index (κ1) is 17.8. The van der Waals surface area contributed by atoms with Crippen molar-refractivity contribution in [2.75, 3.05) is 6.61 Å². The van der Waals surface area contributed by atoms with Crippen molar-refractivity contribution in [1.82, 2.24) is 0 Å². The number of carbonyl (C=O) groups is 1. The first-order valence-corrected chi connectivity index (χ1v) is 9.16. The van der Waals surface area contributed by atoms with Gasteiger partial charge in [0.2, 0.25) is 0 Å². The van der Waals surface area contributed by atoms with Crippen molar-refractivity contribution in [2.45, 2.75) is 87.5 Å². The summed E-state index contributed by atoms with van der Waals surface area (Å²) in [6.07, 6.45) is 13.4. The van der Waals surface area contributed by atoms with Crippen LogP contribution in [0.2, 0.25) is 0 Å². The van der Waals surface area contributed by atoms with E-state index in [2.05, 4.69) is 11.8 Å². The molecule has 118 valence electrons. The standard InChI is InChI=1S/C16H30O3S/c17-13-9-5-4-7-11-15-14(20-15)10-6-2-1-3-8-12-16(18)19/h14-15,17H,1-13H2,(H,18,19)/t14-,15+/m1/s1. The summed E-state index contributed by atoms with van der Waals surface area (Å²) in [6, 6.07) is 0. The Bertz CT molecular complexity index is 258. The number of carboxylic acids is 1. The second kappa shape index (κ2) is 11.4. The number of aliphatic hydroxyl groups excluding tert-OH is 1. The van der Waals surface area contributed by atoms with Crippen LogP contribution in [0.3, 0.4) is 0 Å². The summed E-state index contributed by atoms with van der Waals surface area (Å²) in [7, 11) is 0. The van der Waals surface area contributed by atoms with Crippen LogP contribution in [-0.4, -0.2) is 33.3 Å². The SMILES string of the molecule is O=C(O)CCCCCCC[C@H]1S[C@H]1CCCCCCO. The van der Waals surface area contributed by atoms with Crippen molar-refractivity contribution in [3.8, 4) is 0 Å². The number of unbranched alkanes of at least 4 members (excludes halogenated alkanes) is 7. The summed E-state index contributed by atoms with van der Waals surface area (Å²) < 4.78 is 0. The van der Waals surface area contributed by atoms with E-state index in [1.807, 2.05) is 0 Å². The fraction of sp³-hybridized carbons (Fsp3) is 0.938. The molecule has 0 aromatic carbocycles. The quantitative estimate of drug-likeness (QED) is 0.372. The Labute approximate surface area is 127 Å². The van der Waals surface area contributed by atoms with E-state index >= 15 is 0 Å². The summed E-state index contributed by atoms with van der Waals surface area (Å²) in [5.41, 5.74) is 0. The number of aliphatic carboxylic acids is 1. The Morgan fingerprint density at radius 3 is 1.85 bits per heavy atom. The van der Waals surface area contributed by atoms with Gasteiger partial charge in [0, 0.05) is 23.5 Å². The van der Waals surface area contributed by atoms with E-state index in [1.54, 1.807) is 0 Å². The lowest BCUT2D eigenvalue weighted by Gasteiger charge is -2.01. The maximum atomic E-state index is 10.4. The molecule has 4 heteroatoms. The normalized spacial score (nSPS) is 21.1. The maximum absolute atomic E-state index is 10.4. The van der Waals surface area contributed by atoms with E-state index < -0.39 is 5.97 Å². The van der Waals surface area contributed by atoms with E-state index in [0.29, 0.717) is 13.0 Å². The molecule has 0 aliphatic carbocycles. The van der Waals surface area contributed by atoms with Gasteiger partial charge < -0.3 is 10.2 Å². The van der Waals surface area contributed by atoms with Crippen LogP contribution in [0.25, 0.3) is 0 Å². The van der Waals surface area contributed by atoms with Gasteiger partial charge >= 0.3 is 5.97 Å². The number of aliphatic hydroxyl groups is 1. The molecular formula is C16H30O3S. The predicted octanol–water partition coefficient (Wildman–Crippen LogP) is 4.23. The van der Waals surface area contributed by atoms with Gasteiger partial charge in [-0.15, -0.1) is 0 Å². The highest BCUT2D eigenvalue weighted by Gasteiger charge is 2.36. The molecule has 0 spiro atoms. The monoisotopic (exact) mass is 302 g/mol. The van der Waals surface area contributed by atoms with Crippen LogP contribution < -0.4 is 0 Å². The van der Waals surface area contributed by atoms with E-state index in [0.717, 1.165) is 29.8 Å². The number of rotatable bonds is 14. The third-order valence-electron chi connectivity index (χ3n) is 3.96. The Morgan fingerprint density at radius 1 is 0.800 bits per heavy atom. The number of hydrogen-bond acceptors (Lipinski definition) is 3. The summed E-state index contributed by atoms with van der Waals surface area (Å²) >= 11 is 2.15. The van der Waals surface area contributed by atoms with Gasteiger partial charge in [0.15, 0.2) is 0 Å². The topological polar surface area (TPSA) is 57.5 Å². The van der Waals surface area contributed by atoms with E-state index in [9.17, 15) is 4.79 Å². The molecule has 0 unspecified atom stereocenters. The molecule has 0 amide bonds. The highest BCUT2D eigenvalue weighted by Crippen LogP contribution is 2.47. The summed E-state index contributed by atoms with van der Waals surface area (Å²) in [5, 5.41) is 19.0. The first-order valence-electron chi connectivity index (χ1n) is 8.22.